The summed E-state index contributed by atoms with van der Waals surface area (Å²) >= 11 is 0. The first kappa shape index (κ1) is 19.5. The normalized spacial score (nSPS) is 18.6. The van der Waals surface area contributed by atoms with E-state index < -0.39 is 0 Å². The molecule has 1 amide bonds. The predicted molar refractivity (Wildman–Crippen MR) is 94.6 cm³/mol. The standard InChI is InChI=1S/C19H38N2O/c1-2-3-4-5-6-7-8-9-10-11-12-16-19(22)21-17-14-13-15-18(21)20/h18H,2-17,20H2,1H3. The molecule has 3 heteroatoms. The second-order valence-electron chi connectivity index (χ2n) is 6.94. The van der Waals surface area contributed by atoms with Crippen molar-refractivity contribution in [3.63, 3.8) is 0 Å². The van der Waals surface area contributed by atoms with Gasteiger partial charge in [-0.25, -0.2) is 0 Å². The maximum absolute atomic E-state index is 12.1. The second kappa shape index (κ2) is 12.9. The van der Waals surface area contributed by atoms with Crippen molar-refractivity contribution in [3.05, 3.63) is 0 Å². The van der Waals surface area contributed by atoms with E-state index in [0.717, 1.165) is 25.8 Å². The highest BCUT2D eigenvalue weighted by atomic mass is 16.2. The Morgan fingerprint density at radius 2 is 1.45 bits per heavy atom. The zero-order chi connectivity index (χ0) is 16.0. The first-order valence-electron chi connectivity index (χ1n) is 9.80. The van der Waals surface area contributed by atoms with E-state index in [4.69, 9.17) is 5.73 Å². The van der Waals surface area contributed by atoms with Crippen LogP contribution in [0.15, 0.2) is 0 Å². The summed E-state index contributed by atoms with van der Waals surface area (Å²) in [6, 6.07) is 0. The number of nitrogens with two attached hydrogens (primary N) is 1. The summed E-state index contributed by atoms with van der Waals surface area (Å²) < 4.78 is 0. The van der Waals surface area contributed by atoms with Crippen LogP contribution in [0.2, 0.25) is 0 Å². The SMILES string of the molecule is CCCCCCCCCCCCCC(=O)N1CCCCC1N. The van der Waals surface area contributed by atoms with Crippen molar-refractivity contribution in [3.8, 4) is 0 Å². The minimum Gasteiger partial charge on any atom is -0.327 e. The molecule has 1 unspecified atom stereocenters. The molecule has 0 spiro atoms. The molecule has 0 saturated carbocycles. The number of unbranched alkanes of at least 4 members (excludes halogenated alkanes) is 10. The number of carbonyl (C=O) groups is 1. The molecule has 0 bridgehead atoms. The molecule has 0 radical (unpaired) electrons. The Balaban J connectivity index is 1.87. The van der Waals surface area contributed by atoms with Crippen LogP contribution in [0.3, 0.4) is 0 Å². The highest BCUT2D eigenvalue weighted by Crippen LogP contribution is 2.16. The van der Waals surface area contributed by atoms with E-state index in [0.29, 0.717) is 6.42 Å². The zero-order valence-corrected chi connectivity index (χ0v) is 14.8. The van der Waals surface area contributed by atoms with Gasteiger partial charge in [0.05, 0.1) is 6.17 Å². The van der Waals surface area contributed by atoms with Gasteiger partial charge in [0, 0.05) is 13.0 Å². The van der Waals surface area contributed by atoms with Crippen molar-refractivity contribution in [2.75, 3.05) is 6.54 Å². The summed E-state index contributed by atoms with van der Waals surface area (Å²) in [5, 5.41) is 0. The molecular formula is C19H38N2O. The second-order valence-corrected chi connectivity index (χ2v) is 6.94. The van der Waals surface area contributed by atoms with Crippen LogP contribution in [-0.4, -0.2) is 23.5 Å². The number of hydrogen-bond acceptors (Lipinski definition) is 2. The fourth-order valence-corrected chi connectivity index (χ4v) is 3.35. The lowest BCUT2D eigenvalue weighted by Gasteiger charge is -2.33. The summed E-state index contributed by atoms with van der Waals surface area (Å²) in [5.41, 5.74) is 6.01. The van der Waals surface area contributed by atoms with E-state index in [-0.39, 0.29) is 12.1 Å². The third-order valence-corrected chi connectivity index (χ3v) is 4.86. The van der Waals surface area contributed by atoms with Crippen molar-refractivity contribution in [1.82, 2.24) is 4.90 Å². The Hall–Kier alpha value is -0.570. The molecule has 22 heavy (non-hydrogen) atoms. The molecule has 1 fully saturated rings. The maximum atomic E-state index is 12.1. The van der Waals surface area contributed by atoms with Gasteiger partial charge in [0.15, 0.2) is 0 Å². The maximum Gasteiger partial charge on any atom is 0.223 e. The number of amides is 1. The van der Waals surface area contributed by atoms with E-state index in [1.165, 1.54) is 70.6 Å². The van der Waals surface area contributed by atoms with Gasteiger partial charge in [0.1, 0.15) is 0 Å². The number of hydrogen-bond donors (Lipinski definition) is 1. The number of rotatable bonds is 12. The minimum absolute atomic E-state index is 0.0195. The molecule has 0 aromatic rings. The van der Waals surface area contributed by atoms with E-state index in [1.54, 1.807) is 0 Å². The van der Waals surface area contributed by atoms with E-state index >= 15 is 0 Å². The predicted octanol–water partition coefficient (Wildman–Crippen LogP) is 4.98. The Kier molecular flexibility index (Phi) is 11.4. The summed E-state index contributed by atoms with van der Waals surface area (Å²) in [6.07, 6.45) is 18.5. The molecule has 0 aliphatic carbocycles. The lowest BCUT2D eigenvalue weighted by Crippen LogP contribution is -2.48. The molecule has 0 aromatic heterocycles. The first-order chi connectivity index (χ1) is 10.8. The van der Waals surface area contributed by atoms with Crippen molar-refractivity contribution in [2.24, 2.45) is 5.73 Å². The number of nitrogens with zero attached hydrogens (tertiary/aromatic N) is 1. The molecule has 0 aromatic carbocycles. The van der Waals surface area contributed by atoms with Crippen molar-refractivity contribution < 1.29 is 4.79 Å². The smallest absolute Gasteiger partial charge is 0.223 e. The van der Waals surface area contributed by atoms with Crippen molar-refractivity contribution in [1.29, 1.82) is 0 Å². The van der Waals surface area contributed by atoms with Gasteiger partial charge in [-0.1, -0.05) is 71.1 Å². The molecule has 1 atom stereocenters. The molecular weight excluding hydrogens is 272 g/mol. The van der Waals surface area contributed by atoms with Gasteiger partial charge >= 0.3 is 0 Å². The minimum atomic E-state index is -0.0195. The van der Waals surface area contributed by atoms with Gasteiger partial charge in [-0.05, 0) is 25.7 Å². The third-order valence-electron chi connectivity index (χ3n) is 4.86. The van der Waals surface area contributed by atoms with Crippen LogP contribution in [-0.2, 0) is 4.79 Å². The van der Waals surface area contributed by atoms with Crippen LogP contribution >= 0.6 is 0 Å². The number of piperidine rings is 1. The topological polar surface area (TPSA) is 46.3 Å². The molecule has 2 N–H and O–H groups in total. The van der Waals surface area contributed by atoms with Crippen LogP contribution in [0.4, 0.5) is 0 Å². The van der Waals surface area contributed by atoms with Gasteiger partial charge in [0.25, 0.3) is 0 Å². The summed E-state index contributed by atoms with van der Waals surface area (Å²) in [5.74, 6) is 0.281. The van der Waals surface area contributed by atoms with E-state index in [2.05, 4.69) is 6.92 Å². The molecule has 1 aliphatic rings. The van der Waals surface area contributed by atoms with E-state index in [1.807, 2.05) is 4.90 Å². The summed E-state index contributed by atoms with van der Waals surface area (Å²) in [6.45, 7) is 3.14. The van der Waals surface area contributed by atoms with Crippen LogP contribution in [0.1, 0.15) is 103 Å². The van der Waals surface area contributed by atoms with Gasteiger partial charge in [-0.3, -0.25) is 4.79 Å². The average molecular weight is 311 g/mol. The first-order valence-corrected chi connectivity index (χ1v) is 9.80. The molecule has 3 nitrogen and oxygen atoms in total. The Labute approximate surface area is 138 Å². The Bertz CT molecular complexity index is 281. The highest BCUT2D eigenvalue weighted by Gasteiger charge is 2.22. The molecule has 1 aliphatic heterocycles. The lowest BCUT2D eigenvalue weighted by molar-refractivity contribution is -0.134. The quantitative estimate of drug-likeness (QED) is 0.516. The molecule has 1 rings (SSSR count). The molecule has 1 saturated heterocycles. The van der Waals surface area contributed by atoms with Crippen LogP contribution in [0.5, 0.6) is 0 Å². The summed E-state index contributed by atoms with van der Waals surface area (Å²) in [4.78, 5) is 14.0. The molecule has 1 heterocycles. The monoisotopic (exact) mass is 310 g/mol. The number of likely N-dealkylation sites (tertiary alicyclic amines) is 1. The lowest BCUT2D eigenvalue weighted by atomic mass is 10.0. The third kappa shape index (κ3) is 8.77. The van der Waals surface area contributed by atoms with Crippen LogP contribution in [0.25, 0.3) is 0 Å². The van der Waals surface area contributed by atoms with Crippen molar-refractivity contribution in [2.45, 2.75) is 109 Å². The van der Waals surface area contributed by atoms with Crippen LogP contribution < -0.4 is 5.73 Å². The fourth-order valence-electron chi connectivity index (χ4n) is 3.35. The molecule has 130 valence electrons. The zero-order valence-electron chi connectivity index (χ0n) is 14.8. The van der Waals surface area contributed by atoms with Crippen LogP contribution in [0, 0.1) is 0 Å². The van der Waals surface area contributed by atoms with Gasteiger partial charge in [-0.2, -0.15) is 0 Å². The highest BCUT2D eigenvalue weighted by molar-refractivity contribution is 5.76. The van der Waals surface area contributed by atoms with Gasteiger partial charge in [0.2, 0.25) is 5.91 Å². The average Bonchev–Trinajstić information content (AvgIpc) is 2.53. The Morgan fingerprint density at radius 3 is 2.00 bits per heavy atom. The summed E-state index contributed by atoms with van der Waals surface area (Å²) in [7, 11) is 0. The van der Waals surface area contributed by atoms with Crippen molar-refractivity contribution >= 4 is 5.91 Å². The van der Waals surface area contributed by atoms with E-state index in [9.17, 15) is 4.79 Å². The van der Waals surface area contributed by atoms with Gasteiger partial charge < -0.3 is 10.6 Å². The largest absolute Gasteiger partial charge is 0.327 e. The van der Waals surface area contributed by atoms with Gasteiger partial charge in [-0.15, -0.1) is 0 Å². The number of carbonyl (C=O) groups excluding carboxylic acids is 1. The Morgan fingerprint density at radius 1 is 0.909 bits per heavy atom. The fraction of sp³-hybridized carbons (Fsp3) is 0.947.